The van der Waals surface area contributed by atoms with E-state index < -0.39 is 0 Å². The molecule has 0 bridgehead atoms. The molecule has 21 heavy (non-hydrogen) atoms. The summed E-state index contributed by atoms with van der Waals surface area (Å²) in [5, 5.41) is 10.0. The van der Waals surface area contributed by atoms with Gasteiger partial charge in [0.15, 0.2) is 11.5 Å². The Morgan fingerprint density at radius 3 is 2.62 bits per heavy atom. The van der Waals surface area contributed by atoms with E-state index in [1.807, 2.05) is 19.1 Å². The molecule has 2 atom stereocenters. The molecular weight excluding hydrogens is 401 g/mol. The van der Waals surface area contributed by atoms with Crippen LogP contribution >= 0.6 is 34.8 Å². The van der Waals surface area contributed by atoms with E-state index in [0.29, 0.717) is 12.4 Å². The van der Waals surface area contributed by atoms with Crippen LogP contribution in [0.5, 0.6) is 11.5 Å². The Labute approximate surface area is 144 Å². The minimum absolute atomic E-state index is 0.161. The Kier molecular flexibility index (Phi) is 5.67. The number of thiocarbonyl (C=S) groups is 1. The molecule has 4 nitrogen and oxygen atoms in total. The molecule has 1 saturated heterocycles. The van der Waals surface area contributed by atoms with E-state index in [-0.39, 0.29) is 18.0 Å². The minimum Gasteiger partial charge on any atom is -0.504 e. The van der Waals surface area contributed by atoms with E-state index in [9.17, 15) is 5.11 Å². The number of hydrogen-bond acceptors (Lipinski definition) is 4. The van der Waals surface area contributed by atoms with Gasteiger partial charge in [0.2, 0.25) is 0 Å². The van der Waals surface area contributed by atoms with Crippen molar-refractivity contribution in [1.82, 2.24) is 4.90 Å². The minimum atomic E-state index is 0.161. The van der Waals surface area contributed by atoms with E-state index in [1.54, 1.807) is 0 Å². The zero-order chi connectivity index (χ0) is 15.6. The molecule has 1 N–H and O–H groups in total. The fourth-order valence-electron chi connectivity index (χ4n) is 2.49. The molecule has 0 aliphatic carbocycles. The van der Waals surface area contributed by atoms with Gasteiger partial charge in [-0.1, -0.05) is 12.2 Å². The molecule has 1 aliphatic rings. The second kappa shape index (κ2) is 7.11. The van der Waals surface area contributed by atoms with Crippen molar-refractivity contribution in [2.24, 2.45) is 0 Å². The summed E-state index contributed by atoms with van der Waals surface area (Å²) < 4.78 is 12.0. The maximum Gasteiger partial charge on any atom is 0.171 e. The van der Waals surface area contributed by atoms with E-state index >= 15 is 0 Å². The average molecular weight is 421 g/mol. The maximum atomic E-state index is 10.0. The number of phenols is 1. The number of phenolic OH excluding ortho intramolecular Hbond substituents is 1. The highest BCUT2D eigenvalue weighted by Gasteiger charge is 2.25. The highest BCUT2D eigenvalue weighted by molar-refractivity contribution is 14.1. The van der Waals surface area contributed by atoms with Crippen molar-refractivity contribution in [2.75, 3.05) is 19.7 Å². The number of aromatic hydroxyl groups is 1. The van der Waals surface area contributed by atoms with Crippen LogP contribution in [0.1, 0.15) is 26.3 Å². The number of morpholine rings is 1. The van der Waals surface area contributed by atoms with Crippen molar-refractivity contribution < 1.29 is 14.6 Å². The Hall–Kier alpha value is -0.600. The summed E-state index contributed by atoms with van der Waals surface area (Å²) in [5.41, 5.74) is 0.900. The van der Waals surface area contributed by atoms with Gasteiger partial charge in [-0.3, -0.25) is 0 Å². The predicted octanol–water partition coefficient (Wildman–Crippen LogP) is 3.18. The number of hydrogen-bond donors (Lipinski definition) is 1. The summed E-state index contributed by atoms with van der Waals surface area (Å²) in [7, 11) is 0. The molecule has 1 aromatic rings. The highest BCUT2D eigenvalue weighted by atomic mass is 127. The molecule has 1 fully saturated rings. The fourth-order valence-corrected chi connectivity index (χ4v) is 3.36. The average Bonchev–Trinajstić information content (AvgIpc) is 2.42. The lowest BCUT2D eigenvalue weighted by molar-refractivity contribution is -0.0472. The van der Waals surface area contributed by atoms with E-state index in [0.717, 1.165) is 27.2 Å². The van der Waals surface area contributed by atoms with Crippen molar-refractivity contribution in [3.63, 3.8) is 0 Å². The standard InChI is InChI=1S/C15H20INO3S/c1-4-19-13-6-11(5-12(16)14(13)18)15(21)17-7-9(2)20-10(3)8-17/h5-6,9-10,18H,4,7-8H2,1-3H3/t9-,10-/m1/s1. The lowest BCUT2D eigenvalue weighted by Crippen LogP contribution is -2.47. The largest absolute Gasteiger partial charge is 0.504 e. The second-order valence-electron chi connectivity index (χ2n) is 5.21. The van der Waals surface area contributed by atoms with E-state index in [4.69, 9.17) is 21.7 Å². The lowest BCUT2D eigenvalue weighted by Gasteiger charge is -2.37. The monoisotopic (exact) mass is 421 g/mol. The molecule has 116 valence electrons. The Bertz CT molecular complexity index is 528. The normalized spacial score (nSPS) is 22.2. The Morgan fingerprint density at radius 2 is 2.05 bits per heavy atom. The molecule has 0 unspecified atom stereocenters. The number of ether oxygens (including phenoxy) is 2. The Morgan fingerprint density at radius 1 is 1.43 bits per heavy atom. The van der Waals surface area contributed by atoms with Gasteiger partial charge in [0.1, 0.15) is 4.99 Å². The molecule has 1 heterocycles. The van der Waals surface area contributed by atoms with Crippen LogP contribution in [-0.4, -0.2) is 46.9 Å². The van der Waals surface area contributed by atoms with Crippen LogP contribution < -0.4 is 4.74 Å². The van der Waals surface area contributed by atoms with Gasteiger partial charge < -0.3 is 19.5 Å². The Balaban J connectivity index is 2.26. The smallest absolute Gasteiger partial charge is 0.171 e. The van der Waals surface area contributed by atoms with Crippen LogP contribution in [0.2, 0.25) is 0 Å². The fraction of sp³-hybridized carbons (Fsp3) is 0.533. The molecule has 0 spiro atoms. The third-order valence-electron chi connectivity index (χ3n) is 3.28. The quantitative estimate of drug-likeness (QED) is 0.600. The second-order valence-corrected chi connectivity index (χ2v) is 6.75. The molecular formula is C15H20INO3S. The SMILES string of the molecule is CCOc1cc(C(=S)N2C[C@@H](C)O[C@H](C)C2)cc(I)c1O. The van der Waals surface area contributed by atoms with Gasteiger partial charge in [0.25, 0.3) is 0 Å². The molecule has 0 aromatic heterocycles. The van der Waals surface area contributed by atoms with Gasteiger partial charge in [-0.05, 0) is 55.5 Å². The molecule has 2 rings (SSSR count). The molecule has 0 saturated carbocycles. The number of halogens is 1. The van der Waals surface area contributed by atoms with Gasteiger partial charge in [0.05, 0.1) is 22.4 Å². The van der Waals surface area contributed by atoms with Crippen molar-refractivity contribution in [3.05, 3.63) is 21.3 Å². The summed E-state index contributed by atoms with van der Waals surface area (Å²) in [6.07, 6.45) is 0.323. The van der Waals surface area contributed by atoms with Crippen LogP contribution in [0.4, 0.5) is 0 Å². The third-order valence-corrected chi connectivity index (χ3v) is 4.60. The first-order valence-corrected chi connectivity index (χ1v) is 8.51. The zero-order valence-corrected chi connectivity index (χ0v) is 15.4. The molecule has 0 amide bonds. The van der Waals surface area contributed by atoms with Gasteiger partial charge in [-0.15, -0.1) is 0 Å². The van der Waals surface area contributed by atoms with Crippen LogP contribution in [0.25, 0.3) is 0 Å². The first-order chi connectivity index (χ1) is 9.92. The topological polar surface area (TPSA) is 41.9 Å². The maximum absolute atomic E-state index is 10.0. The summed E-state index contributed by atoms with van der Waals surface area (Å²) in [4.78, 5) is 2.93. The van der Waals surface area contributed by atoms with E-state index in [2.05, 4.69) is 41.3 Å². The van der Waals surface area contributed by atoms with Crippen molar-refractivity contribution in [3.8, 4) is 11.5 Å². The van der Waals surface area contributed by atoms with Gasteiger partial charge in [0, 0.05) is 18.7 Å². The van der Waals surface area contributed by atoms with Gasteiger partial charge in [-0.25, -0.2) is 0 Å². The molecule has 6 heteroatoms. The number of nitrogens with zero attached hydrogens (tertiary/aromatic N) is 1. The molecule has 1 aromatic carbocycles. The van der Waals surface area contributed by atoms with Crippen LogP contribution in [0.15, 0.2) is 12.1 Å². The number of rotatable bonds is 3. The van der Waals surface area contributed by atoms with Gasteiger partial charge >= 0.3 is 0 Å². The zero-order valence-electron chi connectivity index (χ0n) is 12.4. The van der Waals surface area contributed by atoms with Crippen LogP contribution in [0, 0.1) is 3.57 Å². The summed E-state index contributed by atoms with van der Waals surface area (Å²) >= 11 is 7.72. The lowest BCUT2D eigenvalue weighted by atomic mass is 10.1. The van der Waals surface area contributed by atoms with Crippen molar-refractivity contribution in [1.29, 1.82) is 0 Å². The summed E-state index contributed by atoms with van der Waals surface area (Å²) in [6, 6.07) is 3.71. The van der Waals surface area contributed by atoms with Crippen molar-refractivity contribution in [2.45, 2.75) is 33.0 Å². The first kappa shape index (κ1) is 16.8. The molecule has 0 radical (unpaired) electrons. The summed E-state index contributed by atoms with van der Waals surface area (Å²) in [6.45, 7) is 8.07. The number of benzene rings is 1. The van der Waals surface area contributed by atoms with Crippen molar-refractivity contribution >= 4 is 39.8 Å². The van der Waals surface area contributed by atoms with Gasteiger partial charge in [-0.2, -0.15) is 0 Å². The molecule has 1 aliphatic heterocycles. The van der Waals surface area contributed by atoms with Crippen LogP contribution in [-0.2, 0) is 4.74 Å². The van der Waals surface area contributed by atoms with E-state index in [1.165, 1.54) is 0 Å². The predicted molar refractivity (Wildman–Crippen MR) is 95.3 cm³/mol. The summed E-state index contributed by atoms with van der Waals surface area (Å²) in [5.74, 6) is 0.656. The first-order valence-electron chi connectivity index (χ1n) is 7.02. The van der Waals surface area contributed by atoms with Crippen LogP contribution in [0.3, 0.4) is 0 Å². The third kappa shape index (κ3) is 3.98. The highest BCUT2D eigenvalue weighted by Crippen LogP contribution is 2.33.